The van der Waals surface area contributed by atoms with Gasteiger partial charge in [-0.3, -0.25) is 24.2 Å². The van der Waals surface area contributed by atoms with E-state index in [9.17, 15) is 14.4 Å². The molecule has 1 aromatic rings. The van der Waals surface area contributed by atoms with Crippen LogP contribution in [0.15, 0.2) is 24.4 Å². The SMILES string of the molecule is O=C(OC(CN1CCN(c2ccccn2)CC1)CN1C(=O)C2CCCCC2C1=O)C1CCCCC1. The highest BCUT2D eigenvalue weighted by atomic mass is 16.5. The van der Waals surface area contributed by atoms with Crippen molar-refractivity contribution in [3.8, 4) is 0 Å². The van der Waals surface area contributed by atoms with Crippen molar-refractivity contribution in [2.75, 3.05) is 44.2 Å². The summed E-state index contributed by atoms with van der Waals surface area (Å²) in [5, 5.41) is 0. The Morgan fingerprint density at radius 2 is 1.54 bits per heavy atom. The molecule has 5 rings (SSSR count). The number of hydrogen-bond donors (Lipinski definition) is 0. The maximum atomic E-state index is 13.1. The number of likely N-dealkylation sites (tertiary alicyclic amines) is 1. The van der Waals surface area contributed by atoms with Gasteiger partial charge in [0, 0.05) is 38.9 Å². The van der Waals surface area contributed by atoms with E-state index in [4.69, 9.17) is 4.74 Å². The number of nitrogens with zero attached hydrogens (tertiary/aromatic N) is 4. The lowest BCUT2D eigenvalue weighted by Crippen LogP contribution is -2.52. The molecule has 3 unspecified atom stereocenters. The van der Waals surface area contributed by atoms with E-state index in [2.05, 4.69) is 14.8 Å². The van der Waals surface area contributed by atoms with Gasteiger partial charge < -0.3 is 9.64 Å². The average molecular weight is 483 g/mol. The molecule has 8 nitrogen and oxygen atoms in total. The fourth-order valence-electron chi connectivity index (χ4n) is 6.33. The summed E-state index contributed by atoms with van der Waals surface area (Å²) in [6.45, 7) is 4.05. The van der Waals surface area contributed by atoms with Crippen molar-refractivity contribution in [2.45, 2.75) is 63.9 Å². The summed E-state index contributed by atoms with van der Waals surface area (Å²) in [6.07, 6.45) is 9.99. The quantitative estimate of drug-likeness (QED) is 0.437. The molecular formula is C27H38N4O4. The predicted octanol–water partition coefficient (Wildman–Crippen LogP) is 2.87. The third-order valence-electron chi connectivity index (χ3n) is 8.35. The Hall–Kier alpha value is -2.48. The van der Waals surface area contributed by atoms with Gasteiger partial charge in [-0.25, -0.2) is 4.98 Å². The van der Waals surface area contributed by atoms with E-state index in [0.29, 0.717) is 6.54 Å². The highest BCUT2D eigenvalue weighted by Gasteiger charge is 2.49. The zero-order chi connectivity index (χ0) is 24.2. The number of imide groups is 1. The number of fused-ring (bicyclic) bond motifs is 1. The van der Waals surface area contributed by atoms with Crippen LogP contribution in [0.5, 0.6) is 0 Å². The van der Waals surface area contributed by atoms with Crippen LogP contribution in [0.2, 0.25) is 0 Å². The number of rotatable bonds is 7. The largest absolute Gasteiger partial charge is 0.459 e. The van der Waals surface area contributed by atoms with Crippen molar-refractivity contribution in [3.63, 3.8) is 0 Å². The summed E-state index contributed by atoms with van der Waals surface area (Å²) in [5.74, 6) is 0.305. The molecule has 0 aromatic carbocycles. The lowest BCUT2D eigenvalue weighted by atomic mass is 9.81. The van der Waals surface area contributed by atoms with Crippen LogP contribution in [0.1, 0.15) is 57.8 Å². The van der Waals surface area contributed by atoms with Crippen LogP contribution >= 0.6 is 0 Å². The standard InChI is InChI=1S/C27H38N4O4/c32-25-22-10-4-5-11-23(22)26(33)31(25)19-21(35-27(34)20-8-2-1-3-9-20)18-29-14-16-30(17-15-29)24-12-6-7-13-28-24/h6-7,12-13,20-23H,1-5,8-11,14-19H2. The van der Waals surface area contributed by atoms with Gasteiger partial charge in [-0.2, -0.15) is 0 Å². The lowest BCUT2D eigenvalue weighted by molar-refractivity contribution is -0.160. The molecule has 2 aliphatic heterocycles. The maximum absolute atomic E-state index is 13.1. The number of ether oxygens (including phenoxy) is 1. The van der Waals surface area contributed by atoms with E-state index in [1.54, 1.807) is 0 Å². The van der Waals surface area contributed by atoms with Crippen LogP contribution < -0.4 is 4.90 Å². The van der Waals surface area contributed by atoms with Gasteiger partial charge >= 0.3 is 5.97 Å². The van der Waals surface area contributed by atoms with Gasteiger partial charge in [0.15, 0.2) is 0 Å². The minimum absolute atomic E-state index is 0.0557. The Labute approximate surface area is 208 Å². The summed E-state index contributed by atoms with van der Waals surface area (Å²) >= 11 is 0. The van der Waals surface area contributed by atoms with Crippen molar-refractivity contribution >= 4 is 23.6 Å². The summed E-state index contributed by atoms with van der Waals surface area (Å²) in [4.78, 5) is 49.7. The number of pyridine rings is 1. The number of amides is 2. The number of carbonyl (C=O) groups excluding carboxylic acids is 3. The zero-order valence-corrected chi connectivity index (χ0v) is 20.6. The number of hydrogen-bond acceptors (Lipinski definition) is 7. The minimum atomic E-state index is -0.487. The number of esters is 1. The summed E-state index contributed by atoms with van der Waals surface area (Å²) in [5.41, 5.74) is 0. The topological polar surface area (TPSA) is 83.1 Å². The Bertz CT molecular complexity index is 872. The zero-order valence-electron chi connectivity index (χ0n) is 20.6. The van der Waals surface area contributed by atoms with Gasteiger partial charge in [-0.1, -0.05) is 38.2 Å². The van der Waals surface area contributed by atoms with Gasteiger partial charge in [0.05, 0.1) is 24.3 Å². The molecule has 0 radical (unpaired) electrons. The van der Waals surface area contributed by atoms with E-state index < -0.39 is 6.10 Å². The van der Waals surface area contributed by atoms with E-state index in [-0.39, 0.29) is 42.1 Å². The van der Waals surface area contributed by atoms with Crippen LogP contribution in [-0.2, 0) is 19.1 Å². The second kappa shape index (κ2) is 11.1. The summed E-state index contributed by atoms with van der Waals surface area (Å²) in [7, 11) is 0. The molecule has 2 aliphatic carbocycles. The third-order valence-corrected chi connectivity index (χ3v) is 8.35. The molecule has 35 heavy (non-hydrogen) atoms. The molecule has 0 bridgehead atoms. The summed E-state index contributed by atoms with van der Waals surface area (Å²) in [6, 6.07) is 5.94. The molecule has 4 fully saturated rings. The monoisotopic (exact) mass is 482 g/mol. The second-order valence-corrected chi connectivity index (χ2v) is 10.7. The first-order valence-electron chi connectivity index (χ1n) is 13.5. The van der Waals surface area contributed by atoms with E-state index in [0.717, 1.165) is 83.4 Å². The first-order valence-corrected chi connectivity index (χ1v) is 13.5. The van der Waals surface area contributed by atoms with Crippen LogP contribution in [0.3, 0.4) is 0 Å². The van der Waals surface area contributed by atoms with Gasteiger partial charge in [0.1, 0.15) is 11.9 Å². The molecule has 190 valence electrons. The average Bonchev–Trinajstić information content (AvgIpc) is 3.15. The fraction of sp³-hybridized carbons (Fsp3) is 0.704. The fourth-order valence-corrected chi connectivity index (χ4v) is 6.33. The maximum Gasteiger partial charge on any atom is 0.309 e. The van der Waals surface area contributed by atoms with Crippen molar-refractivity contribution < 1.29 is 19.1 Å². The number of aromatic nitrogens is 1. The number of carbonyl (C=O) groups is 3. The molecule has 1 aromatic heterocycles. The molecule has 4 aliphatic rings. The number of piperazine rings is 1. The van der Waals surface area contributed by atoms with E-state index in [1.807, 2.05) is 24.4 Å². The molecule has 3 heterocycles. The normalized spacial score (nSPS) is 27.1. The second-order valence-electron chi connectivity index (χ2n) is 10.7. The molecule has 2 amide bonds. The molecular weight excluding hydrogens is 444 g/mol. The first kappa shape index (κ1) is 24.2. The molecule has 2 saturated carbocycles. The van der Waals surface area contributed by atoms with Crippen LogP contribution in [0.25, 0.3) is 0 Å². The Kier molecular flexibility index (Phi) is 7.66. The van der Waals surface area contributed by atoms with Crippen molar-refractivity contribution in [3.05, 3.63) is 24.4 Å². The van der Waals surface area contributed by atoms with Crippen LogP contribution in [0.4, 0.5) is 5.82 Å². The molecule has 0 spiro atoms. The Balaban J connectivity index is 1.24. The van der Waals surface area contributed by atoms with Gasteiger partial charge in [-0.15, -0.1) is 0 Å². The van der Waals surface area contributed by atoms with Crippen molar-refractivity contribution in [1.82, 2.24) is 14.8 Å². The van der Waals surface area contributed by atoms with Gasteiger partial charge in [0.2, 0.25) is 11.8 Å². The first-order chi connectivity index (χ1) is 17.1. The minimum Gasteiger partial charge on any atom is -0.459 e. The molecule has 2 saturated heterocycles. The van der Waals surface area contributed by atoms with Crippen LogP contribution in [-0.4, -0.2) is 77.9 Å². The van der Waals surface area contributed by atoms with E-state index in [1.165, 1.54) is 11.3 Å². The van der Waals surface area contributed by atoms with Crippen molar-refractivity contribution in [2.24, 2.45) is 17.8 Å². The summed E-state index contributed by atoms with van der Waals surface area (Å²) < 4.78 is 6.06. The molecule has 8 heteroatoms. The lowest BCUT2D eigenvalue weighted by Gasteiger charge is -2.37. The predicted molar refractivity (Wildman–Crippen MR) is 132 cm³/mol. The highest BCUT2D eigenvalue weighted by molar-refractivity contribution is 6.05. The van der Waals surface area contributed by atoms with Crippen LogP contribution in [0, 0.1) is 17.8 Å². The Morgan fingerprint density at radius 3 is 2.17 bits per heavy atom. The van der Waals surface area contributed by atoms with Crippen molar-refractivity contribution in [1.29, 1.82) is 0 Å². The van der Waals surface area contributed by atoms with Gasteiger partial charge in [-0.05, 0) is 37.8 Å². The third kappa shape index (κ3) is 5.52. The van der Waals surface area contributed by atoms with E-state index >= 15 is 0 Å². The molecule has 3 atom stereocenters. The van der Waals surface area contributed by atoms with Gasteiger partial charge in [0.25, 0.3) is 0 Å². The highest BCUT2D eigenvalue weighted by Crippen LogP contribution is 2.38. The number of anilines is 1. The Morgan fingerprint density at radius 1 is 0.886 bits per heavy atom. The smallest absolute Gasteiger partial charge is 0.309 e. The molecule has 0 N–H and O–H groups in total.